The predicted molar refractivity (Wildman–Crippen MR) is 45.7 cm³/mol. The molecule has 2 nitrogen and oxygen atoms in total. The van der Waals surface area contributed by atoms with Crippen LogP contribution in [0.3, 0.4) is 0 Å². The Kier molecular flexibility index (Phi) is 2.19. The fourth-order valence-electron chi connectivity index (χ4n) is 1.04. The van der Waals surface area contributed by atoms with Gasteiger partial charge in [0, 0.05) is 0 Å². The minimum atomic E-state index is 0.863. The lowest BCUT2D eigenvalue weighted by atomic mass is 10.1. The van der Waals surface area contributed by atoms with E-state index < -0.39 is 0 Å². The monoisotopic (exact) mass is 146 g/mol. The summed E-state index contributed by atoms with van der Waals surface area (Å²) in [5.74, 6) is 0. The molecule has 2 heteroatoms. The van der Waals surface area contributed by atoms with E-state index in [0.717, 1.165) is 16.8 Å². The predicted octanol–water partition coefficient (Wildman–Crippen LogP) is 2.69. The molecule has 0 atom stereocenters. The van der Waals surface area contributed by atoms with Crippen LogP contribution in [0.15, 0.2) is 23.2 Å². The van der Waals surface area contributed by atoms with Gasteiger partial charge < -0.3 is 0 Å². The van der Waals surface area contributed by atoms with Crippen molar-refractivity contribution in [1.29, 1.82) is 5.41 Å². The summed E-state index contributed by atoms with van der Waals surface area (Å²) in [6, 6.07) is 7.97. The van der Waals surface area contributed by atoms with Gasteiger partial charge in [0.1, 0.15) is 0 Å². The molecule has 0 aromatic heterocycles. The van der Waals surface area contributed by atoms with Crippen molar-refractivity contribution in [2.24, 2.45) is 4.99 Å². The molecule has 0 bridgehead atoms. The van der Waals surface area contributed by atoms with E-state index in [9.17, 15) is 0 Å². The molecule has 0 unspecified atom stereocenters. The van der Waals surface area contributed by atoms with Gasteiger partial charge in [-0.2, -0.15) is 4.99 Å². The Labute approximate surface area is 66.1 Å². The highest BCUT2D eigenvalue weighted by atomic mass is 14.7. The molecule has 1 aromatic rings. The zero-order valence-corrected chi connectivity index (χ0v) is 6.68. The molecule has 0 aliphatic heterocycles. The van der Waals surface area contributed by atoms with E-state index in [4.69, 9.17) is 5.41 Å². The van der Waals surface area contributed by atoms with Crippen LogP contribution in [-0.2, 0) is 0 Å². The Morgan fingerprint density at radius 3 is 2.27 bits per heavy atom. The standard InChI is InChI=1S/C9H10N2/c1-7-4-3-5-8(2)9(7)11-6-10/h3-5,10H,1-2H3. The van der Waals surface area contributed by atoms with Gasteiger partial charge in [0.05, 0.1) is 11.7 Å². The van der Waals surface area contributed by atoms with Crippen molar-refractivity contribution >= 4 is 11.7 Å². The summed E-state index contributed by atoms with van der Waals surface area (Å²) in [7, 11) is 0. The first kappa shape index (κ1) is 7.70. The van der Waals surface area contributed by atoms with E-state index in [1.54, 1.807) is 0 Å². The maximum absolute atomic E-state index is 6.72. The molecule has 0 spiro atoms. The minimum absolute atomic E-state index is 0.863. The fourth-order valence-corrected chi connectivity index (χ4v) is 1.04. The fraction of sp³-hybridized carbons (Fsp3) is 0.222. The summed E-state index contributed by atoms with van der Waals surface area (Å²) in [6.07, 6.45) is 0. The van der Waals surface area contributed by atoms with Crippen molar-refractivity contribution in [1.82, 2.24) is 0 Å². The molecule has 0 heterocycles. The van der Waals surface area contributed by atoms with Gasteiger partial charge in [0.2, 0.25) is 0 Å². The Morgan fingerprint density at radius 1 is 1.27 bits per heavy atom. The Balaban J connectivity index is 3.31. The molecule has 0 saturated carbocycles. The first-order valence-corrected chi connectivity index (χ1v) is 3.44. The number of aryl methyl sites for hydroxylation is 2. The molecule has 0 amide bonds. The van der Waals surface area contributed by atoms with Crippen LogP contribution in [0.4, 0.5) is 5.69 Å². The smallest absolute Gasteiger partial charge is 0.0918 e. The van der Waals surface area contributed by atoms with Crippen molar-refractivity contribution in [2.75, 3.05) is 0 Å². The third-order valence-corrected chi connectivity index (χ3v) is 1.61. The highest BCUT2D eigenvalue weighted by molar-refractivity contribution is 5.58. The van der Waals surface area contributed by atoms with Gasteiger partial charge in [-0.05, 0) is 25.0 Å². The number of nitrogens with one attached hydrogen (secondary N) is 1. The SMILES string of the molecule is Cc1cccc(C)c1N=C=N. The topological polar surface area (TPSA) is 36.2 Å². The Bertz CT molecular complexity index is 289. The summed E-state index contributed by atoms with van der Waals surface area (Å²) in [6.45, 7) is 3.95. The van der Waals surface area contributed by atoms with E-state index in [1.165, 1.54) is 0 Å². The molecule has 11 heavy (non-hydrogen) atoms. The van der Waals surface area contributed by atoms with Crippen LogP contribution in [0, 0.1) is 19.3 Å². The van der Waals surface area contributed by atoms with Crippen LogP contribution >= 0.6 is 0 Å². The lowest BCUT2D eigenvalue weighted by molar-refractivity contribution is 1.33. The molecule has 0 aliphatic carbocycles. The van der Waals surface area contributed by atoms with Crippen molar-refractivity contribution in [3.05, 3.63) is 29.3 Å². The second-order valence-electron chi connectivity index (χ2n) is 2.46. The van der Waals surface area contributed by atoms with Gasteiger partial charge in [-0.1, -0.05) is 18.2 Å². The molecule has 0 radical (unpaired) electrons. The highest BCUT2D eigenvalue weighted by Gasteiger charge is 1.97. The van der Waals surface area contributed by atoms with Gasteiger partial charge in [0.25, 0.3) is 0 Å². The summed E-state index contributed by atoms with van der Waals surface area (Å²) >= 11 is 0. The second-order valence-corrected chi connectivity index (χ2v) is 2.46. The molecule has 56 valence electrons. The first-order chi connectivity index (χ1) is 5.25. The number of benzene rings is 1. The maximum atomic E-state index is 6.72. The van der Waals surface area contributed by atoms with Crippen molar-refractivity contribution in [3.63, 3.8) is 0 Å². The van der Waals surface area contributed by atoms with E-state index >= 15 is 0 Å². The molecule has 0 fully saturated rings. The molecule has 0 saturated heterocycles. The van der Waals surface area contributed by atoms with Crippen LogP contribution in [-0.4, -0.2) is 6.01 Å². The summed E-state index contributed by atoms with van der Waals surface area (Å²) in [5.41, 5.74) is 3.04. The lowest BCUT2D eigenvalue weighted by Crippen LogP contribution is -1.77. The average Bonchev–Trinajstić information content (AvgIpc) is 1.97. The van der Waals surface area contributed by atoms with Crippen LogP contribution in [0.25, 0.3) is 0 Å². The number of nitrogens with zero attached hydrogens (tertiary/aromatic N) is 1. The van der Waals surface area contributed by atoms with Crippen LogP contribution in [0.5, 0.6) is 0 Å². The number of hydrogen-bond donors (Lipinski definition) is 1. The Morgan fingerprint density at radius 2 is 1.82 bits per heavy atom. The van der Waals surface area contributed by atoms with Crippen LogP contribution in [0.2, 0.25) is 0 Å². The normalized spacial score (nSPS) is 8.91. The zero-order chi connectivity index (χ0) is 8.27. The van der Waals surface area contributed by atoms with Crippen LogP contribution in [0.1, 0.15) is 11.1 Å². The minimum Gasteiger partial charge on any atom is -0.241 e. The quantitative estimate of drug-likeness (QED) is 0.591. The van der Waals surface area contributed by atoms with Crippen molar-refractivity contribution in [3.8, 4) is 0 Å². The molecule has 1 aromatic carbocycles. The third-order valence-electron chi connectivity index (χ3n) is 1.61. The molecular weight excluding hydrogens is 136 g/mol. The number of rotatable bonds is 1. The third kappa shape index (κ3) is 1.54. The highest BCUT2D eigenvalue weighted by Crippen LogP contribution is 2.21. The van der Waals surface area contributed by atoms with Crippen LogP contribution < -0.4 is 0 Å². The lowest BCUT2D eigenvalue weighted by Gasteiger charge is -2.00. The van der Waals surface area contributed by atoms with Gasteiger partial charge in [-0.25, -0.2) is 5.41 Å². The molecular formula is C9H10N2. The summed E-state index contributed by atoms with van der Waals surface area (Å²) < 4.78 is 0. The number of para-hydroxylation sites is 1. The number of aliphatic imine (C=N–C) groups is 1. The summed E-state index contributed by atoms with van der Waals surface area (Å²) in [5, 5.41) is 6.72. The number of hydrogen-bond acceptors (Lipinski definition) is 2. The zero-order valence-electron chi connectivity index (χ0n) is 6.68. The second kappa shape index (κ2) is 3.13. The van der Waals surface area contributed by atoms with Gasteiger partial charge in [-0.15, -0.1) is 0 Å². The van der Waals surface area contributed by atoms with Crippen molar-refractivity contribution < 1.29 is 0 Å². The van der Waals surface area contributed by atoms with Gasteiger partial charge in [-0.3, -0.25) is 0 Å². The van der Waals surface area contributed by atoms with E-state index in [1.807, 2.05) is 38.1 Å². The largest absolute Gasteiger partial charge is 0.241 e. The van der Waals surface area contributed by atoms with Gasteiger partial charge in [0.15, 0.2) is 0 Å². The molecule has 1 rings (SSSR count). The molecule has 0 aliphatic rings. The van der Waals surface area contributed by atoms with Crippen molar-refractivity contribution in [2.45, 2.75) is 13.8 Å². The van der Waals surface area contributed by atoms with Gasteiger partial charge >= 0.3 is 0 Å². The van der Waals surface area contributed by atoms with E-state index in [-0.39, 0.29) is 0 Å². The molecule has 1 N–H and O–H groups in total. The maximum Gasteiger partial charge on any atom is 0.0918 e. The Hall–Kier alpha value is -1.40. The summed E-state index contributed by atoms with van der Waals surface area (Å²) in [4.78, 5) is 3.82. The van der Waals surface area contributed by atoms with E-state index in [2.05, 4.69) is 4.99 Å². The average molecular weight is 146 g/mol. The van der Waals surface area contributed by atoms with E-state index in [0.29, 0.717) is 0 Å². The first-order valence-electron chi connectivity index (χ1n) is 3.44.